The summed E-state index contributed by atoms with van der Waals surface area (Å²) >= 11 is 0. The Bertz CT molecular complexity index is 656. The number of rotatable bonds is 4. The van der Waals surface area contributed by atoms with Gasteiger partial charge in [-0.2, -0.15) is 0 Å². The third kappa shape index (κ3) is 2.93. The van der Waals surface area contributed by atoms with Crippen molar-refractivity contribution >= 4 is 11.7 Å². The molecule has 0 saturated heterocycles. The number of aromatic carboxylic acids is 1. The molecule has 0 spiro atoms. The first kappa shape index (κ1) is 14.0. The van der Waals surface area contributed by atoms with Crippen LogP contribution in [-0.4, -0.2) is 11.1 Å². The zero-order chi connectivity index (χ0) is 14.7. The number of aryl methyl sites for hydroxylation is 1. The zero-order valence-electron chi connectivity index (χ0n) is 10.8. The van der Waals surface area contributed by atoms with Crippen LogP contribution >= 0.6 is 0 Å². The highest BCUT2D eigenvalue weighted by atomic mass is 19.2. The highest BCUT2D eigenvalue weighted by Gasteiger charge is 2.09. The Morgan fingerprint density at radius 1 is 1.25 bits per heavy atom. The van der Waals surface area contributed by atoms with Gasteiger partial charge < -0.3 is 10.4 Å². The van der Waals surface area contributed by atoms with E-state index < -0.39 is 17.6 Å². The van der Waals surface area contributed by atoms with Gasteiger partial charge in [0.25, 0.3) is 0 Å². The van der Waals surface area contributed by atoms with E-state index >= 15 is 0 Å². The van der Waals surface area contributed by atoms with Gasteiger partial charge in [-0.15, -0.1) is 0 Å². The zero-order valence-corrected chi connectivity index (χ0v) is 10.8. The summed E-state index contributed by atoms with van der Waals surface area (Å²) in [4.78, 5) is 10.8. The highest BCUT2D eigenvalue weighted by molar-refractivity contribution is 5.88. The molecular formula is C15H13F2NO2. The molecule has 0 fully saturated rings. The second-order valence-corrected chi connectivity index (χ2v) is 4.40. The van der Waals surface area contributed by atoms with E-state index in [9.17, 15) is 13.6 Å². The Labute approximate surface area is 114 Å². The molecule has 104 valence electrons. The fraction of sp³-hybridized carbons (Fsp3) is 0.133. The van der Waals surface area contributed by atoms with Crippen LogP contribution in [0.5, 0.6) is 0 Å². The van der Waals surface area contributed by atoms with Crippen molar-refractivity contribution in [2.45, 2.75) is 13.5 Å². The van der Waals surface area contributed by atoms with Crippen LogP contribution in [0.25, 0.3) is 0 Å². The first-order chi connectivity index (χ1) is 9.49. The quantitative estimate of drug-likeness (QED) is 0.898. The third-order valence-electron chi connectivity index (χ3n) is 2.97. The molecule has 0 atom stereocenters. The van der Waals surface area contributed by atoms with E-state index in [2.05, 4.69) is 5.32 Å². The van der Waals surface area contributed by atoms with Gasteiger partial charge in [-0.05, 0) is 36.8 Å². The van der Waals surface area contributed by atoms with Gasteiger partial charge in [0.1, 0.15) is 0 Å². The maximum absolute atomic E-state index is 13.5. The summed E-state index contributed by atoms with van der Waals surface area (Å²) in [7, 11) is 0. The maximum atomic E-state index is 13.5. The molecule has 2 aromatic carbocycles. The van der Waals surface area contributed by atoms with E-state index in [1.807, 2.05) is 0 Å². The van der Waals surface area contributed by atoms with Gasteiger partial charge >= 0.3 is 5.97 Å². The summed E-state index contributed by atoms with van der Waals surface area (Å²) in [6, 6.07) is 8.58. The van der Waals surface area contributed by atoms with Crippen LogP contribution in [0, 0.1) is 18.6 Å². The van der Waals surface area contributed by atoms with Crippen LogP contribution in [0.4, 0.5) is 14.5 Å². The molecule has 2 aromatic rings. The molecule has 20 heavy (non-hydrogen) atoms. The van der Waals surface area contributed by atoms with Crippen LogP contribution in [0.1, 0.15) is 21.5 Å². The molecule has 5 heteroatoms. The molecule has 0 aromatic heterocycles. The van der Waals surface area contributed by atoms with Gasteiger partial charge in [0.2, 0.25) is 0 Å². The minimum absolute atomic E-state index is 0.122. The number of hydrogen-bond donors (Lipinski definition) is 2. The van der Waals surface area contributed by atoms with Crippen molar-refractivity contribution in [3.8, 4) is 0 Å². The SMILES string of the molecule is Cc1cc(C(=O)O)ccc1NCc1cccc(F)c1F. The first-order valence-electron chi connectivity index (χ1n) is 5.99. The molecular weight excluding hydrogens is 264 g/mol. The van der Waals surface area contributed by atoms with Crippen molar-refractivity contribution in [3.63, 3.8) is 0 Å². The van der Waals surface area contributed by atoms with Gasteiger partial charge in [0.05, 0.1) is 5.56 Å². The van der Waals surface area contributed by atoms with E-state index in [0.717, 1.165) is 11.6 Å². The predicted molar refractivity (Wildman–Crippen MR) is 71.8 cm³/mol. The van der Waals surface area contributed by atoms with Gasteiger partial charge in [-0.1, -0.05) is 12.1 Å². The smallest absolute Gasteiger partial charge is 0.335 e. The summed E-state index contributed by atoms with van der Waals surface area (Å²) in [5.74, 6) is -2.77. The van der Waals surface area contributed by atoms with Gasteiger partial charge in [-0.25, -0.2) is 13.6 Å². The summed E-state index contributed by atoms with van der Waals surface area (Å²) in [6.07, 6.45) is 0. The molecule has 0 amide bonds. The average Bonchev–Trinajstić information content (AvgIpc) is 2.41. The fourth-order valence-electron chi connectivity index (χ4n) is 1.87. The van der Waals surface area contributed by atoms with Gasteiger partial charge in [0, 0.05) is 17.8 Å². The van der Waals surface area contributed by atoms with Crippen LogP contribution < -0.4 is 5.32 Å². The number of nitrogens with one attached hydrogen (secondary N) is 1. The van der Waals surface area contributed by atoms with Crippen molar-refractivity contribution in [2.75, 3.05) is 5.32 Å². The van der Waals surface area contributed by atoms with Crippen LogP contribution in [0.3, 0.4) is 0 Å². The fourth-order valence-corrected chi connectivity index (χ4v) is 1.87. The Kier molecular flexibility index (Phi) is 3.98. The molecule has 0 unspecified atom stereocenters. The van der Waals surface area contributed by atoms with E-state index in [1.165, 1.54) is 24.3 Å². The minimum atomic E-state index is -1.00. The van der Waals surface area contributed by atoms with E-state index in [4.69, 9.17) is 5.11 Å². The lowest BCUT2D eigenvalue weighted by atomic mass is 10.1. The highest BCUT2D eigenvalue weighted by Crippen LogP contribution is 2.19. The Hall–Kier alpha value is -2.43. The molecule has 0 radical (unpaired) electrons. The number of carboxylic acid groups (broad SMARTS) is 1. The topological polar surface area (TPSA) is 49.3 Å². The summed E-state index contributed by atoms with van der Waals surface area (Å²) in [5, 5.41) is 11.8. The van der Waals surface area contributed by atoms with E-state index in [1.54, 1.807) is 13.0 Å². The minimum Gasteiger partial charge on any atom is -0.478 e. The number of halogens is 2. The lowest BCUT2D eigenvalue weighted by Crippen LogP contribution is -2.05. The molecule has 2 N–H and O–H groups in total. The second kappa shape index (κ2) is 5.69. The van der Waals surface area contributed by atoms with Crippen LogP contribution in [-0.2, 0) is 6.54 Å². The molecule has 0 aliphatic heterocycles. The molecule has 3 nitrogen and oxygen atoms in total. The summed E-state index contributed by atoms with van der Waals surface area (Å²) in [5.41, 5.74) is 1.80. The summed E-state index contributed by atoms with van der Waals surface area (Å²) in [6.45, 7) is 1.87. The first-order valence-corrected chi connectivity index (χ1v) is 5.99. The Morgan fingerprint density at radius 2 is 2.00 bits per heavy atom. The molecule has 0 bridgehead atoms. The number of benzene rings is 2. The Morgan fingerprint density at radius 3 is 2.65 bits per heavy atom. The van der Waals surface area contributed by atoms with Crippen molar-refractivity contribution in [2.24, 2.45) is 0 Å². The van der Waals surface area contributed by atoms with Crippen molar-refractivity contribution < 1.29 is 18.7 Å². The number of hydrogen-bond acceptors (Lipinski definition) is 2. The number of anilines is 1. The third-order valence-corrected chi connectivity index (χ3v) is 2.97. The normalized spacial score (nSPS) is 10.3. The van der Waals surface area contributed by atoms with Crippen LogP contribution in [0.2, 0.25) is 0 Å². The lowest BCUT2D eigenvalue weighted by molar-refractivity contribution is 0.0697. The largest absolute Gasteiger partial charge is 0.478 e. The monoisotopic (exact) mass is 277 g/mol. The van der Waals surface area contributed by atoms with Gasteiger partial charge in [-0.3, -0.25) is 0 Å². The molecule has 0 saturated carbocycles. The lowest BCUT2D eigenvalue weighted by Gasteiger charge is -2.11. The second-order valence-electron chi connectivity index (χ2n) is 4.40. The van der Waals surface area contributed by atoms with Crippen molar-refractivity contribution in [3.05, 3.63) is 64.7 Å². The number of carbonyl (C=O) groups is 1. The van der Waals surface area contributed by atoms with Crippen molar-refractivity contribution in [1.29, 1.82) is 0 Å². The maximum Gasteiger partial charge on any atom is 0.335 e. The number of carboxylic acids is 1. The van der Waals surface area contributed by atoms with E-state index in [0.29, 0.717) is 5.69 Å². The van der Waals surface area contributed by atoms with Gasteiger partial charge in [0.15, 0.2) is 11.6 Å². The van der Waals surface area contributed by atoms with Crippen LogP contribution in [0.15, 0.2) is 36.4 Å². The predicted octanol–water partition coefficient (Wildman–Crippen LogP) is 3.58. The summed E-state index contributed by atoms with van der Waals surface area (Å²) < 4.78 is 26.5. The van der Waals surface area contributed by atoms with E-state index in [-0.39, 0.29) is 17.7 Å². The Balaban J connectivity index is 2.15. The molecule has 0 aliphatic rings. The van der Waals surface area contributed by atoms with Crippen molar-refractivity contribution in [1.82, 2.24) is 0 Å². The average molecular weight is 277 g/mol. The standard InChI is InChI=1S/C15H13F2NO2/c1-9-7-10(15(19)20)5-6-13(9)18-8-11-3-2-4-12(16)14(11)17/h2-7,18H,8H2,1H3,(H,19,20). The molecule has 0 aliphatic carbocycles. The molecule has 0 heterocycles. The molecule has 2 rings (SSSR count).